The number of para-hydroxylation sites is 1. The van der Waals surface area contributed by atoms with Crippen molar-refractivity contribution in [1.29, 1.82) is 0 Å². The highest BCUT2D eigenvalue weighted by atomic mass is 32.1. The average Bonchev–Trinajstić information content (AvgIpc) is 4.17. The molecule has 2 unspecified atom stereocenters. The maximum atomic E-state index is 14.5. The van der Waals surface area contributed by atoms with Crippen molar-refractivity contribution < 1.29 is 33.8 Å². The summed E-state index contributed by atoms with van der Waals surface area (Å²) in [5, 5.41) is 29.0. The quantitative estimate of drug-likeness (QED) is 0.0576. The van der Waals surface area contributed by atoms with Gasteiger partial charge in [-0.1, -0.05) is 55.4 Å². The molecule has 2 amide bonds. The number of aryl methyl sites for hydroxylation is 1. The number of hydrogen-bond donors (Lipinski definition) is 5. The summed E-state index contributed by atoms with van der Waals surface area (Å²) >= 11 is 1.60. The van der Waals surface area contributed by atoms with E-state index in [4.69, 9.17) is 19.7 Å². The van der Waals surface area contributed by atoms with Crippen molar-refractivity contribution in [2.75, 3.05) is 66.2 Å². The van der Waals surface area contributed by atoms with Gasteiger partial charge >= 0.3 is 0 Å². The van der Waals surface area contributed by atoms with Gasteiger partial charge in [-0.3, -0.25) is 14.5 Å². The van der Waals surface area contributed by atoms with E-state index in [1.54, 1.807) is 22.3 Å². The van der Waals surface area contributed by atoms with Crippen LogP contribution in [0.1, 0.15) is 120 Å². The number of carbonyl (C=O) groups is 2. The number of nitrogens with one attached hydrogen (secondary N) is 2. The number of nitrogens with two attached hydrogens (primary N) is 1. The Hall–Kier alpha value is -6.67. The zero-order valence-corrected chi connectivity index (χ0v) is 48.5. The first-order valence-corrected chi connectivity index (χ1v) is 31.0. The molecule has 2 bridgehead atoms. The smallest absolute Gasteiger partial charge is 0.243 e. The molecule has 6 N–H and O–H groups in total. The van der Waals surface area contributed by atoms with E-state index < -0.39 is 18.1 Å². The van der Waals surface area contributed by atoms with E-state index in [0.717, 1.165) is 141 Å². The third-order valence-corrected chi connectivity index (χ3v) is 20.4. The lowest BCUT2D eigenvalue weighted by Gasteiger charge is -2.45. The van der Waals surface area contributed by atoms with Crippen molar-refractivity contribution in [3.8, 4) is 33.3 Å². The molecule has 18 nitrogen and oxygen atoms in total. The van der Waals surface area contributed by atoms with Crippen molar-refractivity contribution in [2.45, 2.75) is 158 Å². The number of nitrogen functional groups attached to an aromatic ring is 1. The first kappa shape index (κ1) is 54.6. The van der Waals surface area contributed by atoms with Crippen LogP contribution in [0.15, 0.2) is 89.0 Å². The number of aromatic nitrogens is 4. The number of aromatic hydroxyl groups is 1. The lowest BCUT2D eigenvalue weighted by molar-refractivity contribution is -0.141. The van der Waals surface area contributed by atoms with E-state index in [9.17, 15) is 19.8 Å². The number of hydrogen-bond acceptors (Lipinski definition) is 16. The first-order valence-electron chi connectivity index (χ1n) is 30.1. The minimum atomic E-state index is -0.801. The van der Waals surface area contributed by atoms with Crippen LogP contribution in [0.3, 0.4) is 0 Å². The number of pyridine rings is 1. The molecular formula is C63H79N11O7S. The fourth-order valence-corrected chi connectivity index (χ4v) is 15.6. The molecular weight excluding hydrogens is 1050 g/mol. The maximum absolute atomic E-state index is 14.5. The van der Waals surface area contributed by atoms with Gasteiger partial charge in [0.05, 0.1) is 51.8 Å². The molecule has 82 heavy (non-hydrogen) atoms. The zero-order chi connectivity index (χ0) is 56.4. The highest BCUT2D eigenvalue weighted by molar-refractivity contribution is 7.13. The molecule has 7 fully saturated rings. The predicted molar refractivity (Wildman–Crippen MR) is 317 cm³/mol. The number of aliphatic hydroxyl groups excluding tert-OH is 1. The molecule has 13 rings (SSSR count). The van der Waals surface area contributed by atoms with E-state index in [2.05, 4.69) is 63.2 Å². The highest BCUT2D eigenvalue weighted by Gasteiger charge is 2.55. The van der Waals surface area contributed by atoms with Gasteiger partial charge in [0.25, 0.3) is 0 Å². The summed E-state index contributed by atoms with van der Waals surface area (Å²) in [4.78, 5) is 53.4. The van der Waals surface area contributed by atoms with Crippen LogP contribution in [-0.4, -0.2) is 146 Å². The van der Waals surface area contributed by atoms with Crippen LogP contribution >= 0.6 is 11.3 Å². The van der Waals surface area contributed by atoms with Crippen molar-refractivity contribution in [3.05, 3.63) is 102 Å². The molecule has 5 aliphatic heterocycles. The Balaban J connectivity index is 0.551. The lowest BCUT2D eigenvalue weighted by atomic mass is 9.85. The lowest BCUT2D eigenvalue weighted by Crippen LogP contribution is -2.54. The van der Waals surface area contributed by atoms with Crippen LogP contribution in [0.2, 0.25) is 0 Å². The number of H-pyrrole nitrogens is 1. The first-order chi connectivity index (χ1) is 39.7. The van der Waals surface area contributed by atoms with Crippen LogP contribution in [0.25, 0.3) is 21.7 Å². The molecule has 5 saturated heterocycles. The molecule has 7 aliphatic rings. The van der Waals surface area contributed by atoms with Gasteiger partial charge in [-0.25, -0.2) is 9.97 Å². The standard InChI is InChI=1S/C63H79N11O7S/c1-37(2)58(62(78)73-35-46(75)28-53(73)61(77)67-38(3)40-9-11-41(12-10-40)59-39(4)66-36-82-59)55-32-56(69-81-55)70-23-16-42(17-24-70)63(20-21-63)72-25-18-47(19-26-72)79-48-29-49(30-48)80-57-27-43(15-22-65-57)74-44-13-14-45(74)34-71(33-44)52-31-51(68-60(52)64)50-7-5-6-8-54(50)76/h5-12,15,22,27,31-32,36-38,42,44-49,53,58,68,75-76H,13-14,16-21,23-26,28-30,33-35,64H2,1-4H3,(H,67,77)/t38-,44?,45?,46+,48?,49?,53-,58-/m0/s1. The molecule has 4 aromatic heterocycles. The number of fused-ring (bicyclic) bond motifs is 2. The van der Waals surface area contributed by atoms with E-state index in [0.29, 0.717) is 35.5 Å². The minimum Gasteiger partial charge on any atom is -0.507 e. The number of nitrogens with zero attached hydrogens (tertiary/aromatic N) is 8. The van der Waals surface area contributed by atoms with Gasteiger partial charge < -0.3 is 59.8 Å². The average molecular weight is 1130 g/mol. The zero-order valence-electron chi connectivity index (χ0n) is 47.7. The highest BCUT2D eigenvalue weighted by Crippen LogP contribution is 2.53. The number of aliphatic hydroxyl groups is 1. The van der Waals surface area contributed by atoms with Gasteiger partial charge in [0.1, 0.15) is 29.6 Å². The maximum Gasteiger partial charge on any atom is 0.243 e. The van der Waals surface area contributed by atoms with E-state index >= 15 is 0 Å². The Morgan fingerprint density at radius 1 is 0.854 bits per heavy atom. The third-order valence-electron chi connectivity index (χ3n) is 19.4. The fraction of sp³-hybridized carbons (Fsp3) is 0.540. The summed E-state index contributed by atoms with van der Waals surface area (Å²) in [5.74, 6) is 2.11. The summed E-state index contributed by atoms with van der Waals surface area (Å²) in [6.45, 7) is 13.6. The molecule has 2 aliphatic carbocycles. The summed E-state index contributed by atoms with van der Waals surface area (Å²) in [7, 11) is 0. The van der Waals surface area contributed by atoms with Gasteiger partial charge in [0.15, 0.2) is 11.6 Å². The van der Waals surface area contributed by atoms with Gasteiger partial charge in [0, 0.05) is 112 Å². The second kappa shape index (κ2) is 22.5. The molecule has 19 heteroatoms. The van der Waals surface area contributed by atoms with Crippen LogP contribution < -0.4 is 30.5 Å². The summed E-state index contributed by atoms with van der Waals surface area (Å²) in [5.41, 5.74) is 15.4. The number of ether oxygens (including phenoxy) is 2. The molecule has 6 aromatic rings. The molecule has 0 radical (unpaired) electrons. The Kier molecular flexibility index (Phi) is 15.0. The van der Waals surface area contributed by atoms with Crippen LogP contribution in [0.4, 0.5) is 23.0 Å². The number of β-amino-alcohol motifs (C(OH)–C–C–N with tert-alkyl or cyclic N) is 1. The van der Waals surface area contributed by atoms with Gasteiger partial charge in [-0.05, 0) is 112 Å². The van der Waals surface area contributed by atoms with Crippen molar-refractivity contribution in [1.82, 2.24) is 35.2 Å². The van der Waals surface area contributed by atoms with E-state index in [-0.39, 0.29) is 66.3 Å². The minimum absolute atomic E-state index is 0.0882. The second-order valence-electron chi connectivity index (χ2n) is 24.9. The third kappa shape index (κ3) is 10.7. The normalized spacial score (nSPS) is 25.6. The number of phenolic OH excluding ortho intramolecular Hbond substituents is 1. The summed E-state index contributed by atoms with van der Waals surface area (Å²) in [6, 6.07) is 23.3. The Morgan fingerprint density at radius 2 is 1.60 bits per heavy atom. The molecule has 2 saturated carbocycles. The van der Waals surface area contributed by atoms with Gasteiger partial charge in [-0.15, -0.1) is 11.3 Å². The SMILES string of the molecule is Cc1ncsc1-c1ccc([C@H](C)NC(=O)[C@@H]2C[C@@H](O)CN2C(=O)[C@H](c2cc(N3CCC(C4(N5CCC(OC6CC(Oc7cc(N8C9CCC8CN(c8cc(-c%10ccccc%10O)[nH]c8N)C9)ccn7)C6)CC5)CC4)CC3)no2)C(C)C)cc1. The number of anilines is 4. The fourth-order valence-electron chi connectivity index (χ4n) is 14.8. The molecule has 2 aromatic carbocycles. The van der Waals surface area contributed by atoms with Crippen LogP contribution in [-0.2, 0) is 14.3 Å². The monoisotopic (exact) mass is 1130 g/mol. The van der Waals surface area contributed by atoms with E-state index in [1.807, 2.05) is 87.9 Å². The summed E-state index contributed by atoms with van der Waals surface area (Å²) < 4.78 is 19.2. The molecule has 9 heterocycles. The van der Waals surface area contributed by atoms with Crippen LogP contribution in [0, 0.1) is 18.8 Å². The largest absolute Gasteiger partial charge is 0.507 e. The van der Waals surface area contributed by atoms with Gasteiger partial charge in [-0.2, -0.15) is 0 Å². The molecule has 434 valence electrons. The number of aromatic amines is 1. The van der Waals surface area contributed by atoms with Crippen molar-refractivity contribution in [3.63, 3.8) is 0 Å². The summed E-state index contributed by atoms with van der Waals surface area (Å²) in [6.07, 6.45) is 12.6. The number of carbonyl (C=O) groups excluding carboxylic acids is 2. The number of benzene rings is 2. The van der Waals surface area contributed by atoms with E-state index in [1.165, 1.54) is 12.8 Å². The molecule has 0 spiro atoms. The number of phenols is 1. The number of rotatable bonds is 17. The van der Waals surface area contributed by atoms with Gasteiger partial charge in [0.2, 0.25) is 17.7 Å². The number of amides is 2. The number of thiazole rings is 1. The predicted octanol–water partition coefficient (Wildman–Crippen LogP) is 9.06. The van der Waals surface area contributed by atoms with Crippen molar-refractivity contribution in [2.24, 2.45) is 11.8 Å². The molecule has 6 atom stereocenters. The van der Waals surface area contributed by atoms with Crippen LogP contribution in [0.5, 0.6) is 11.6 Å². The Labute approximate surface area is 484 Å². The number of likely N-dealkylation sites (tertiary alicyclic amines) is 2. The second-order valence-corrected chi connectivity index (χ2v) is 25.7. The number of piperidine rings is 2. The topological polar surface area (TPSA) is 215 Å². The van der Waals surface area contributed by atoms with Crippen molar-refractivity contribution >= 4 is 46.2 Å². The number of piperazine rings is 1. The Morgan fingerprint density at radius 3 is 2.29 bits per heavy atom. The Bertz CT molecular complexity index is 3210.